The van der Waals surface area contributed by atoms with Crippen molar-refractivity contribution in [1.29, 1.82) is 0 Å². The number of hydrogen-bond acceptors (Lipinski definition) is 10. The molecule has 0 saturated carbocycles. The normalized spacial score (nSPS) is 11.2. The van der Waals surface area contributed by atoms with E-state index in [1.54, 1.807) is 0 Å². The van der Waals surface area contributed by atoms with Crippen LogP contribution in [0.15, 0.2) is 55.6 Å². The van der Waals surface area contributed by atoms with Crippen molar-refractivity contribution in [2.24, 2.45) is 0 Å². The first kappa shape index (κ1) is 27.0. The highest BCUT2D eigenvalue weighted by Crippen LogP contribution is 2.40. The van der Waals surface area contributed by atoms with Crippen molar-refractivity contribution >= 4 is 45.4 Å². The first-order chi connectivity index (χ1) is 19.6. The number of fused-ring (bicyclic) bond motifs is 2. The molecule has 0 radical (unpaired) electrons. The molecule has 0 aliphatic rings. The lowest BCUT2D eigenvalue weighted by Gasteiger charge is -2.12. The van der Waals surface area contributed by atoms with Crippen LogP contribution in [0.5, 0.6) is 0 Å². The third-order valence-corrected chi connectivity index (χ3v) is 6.56. The van der Waals surface area contributed by atoms with Crippen LogP contribution in [0, 0.1) is 0 Å². The van der Waals surface area contributed by atoms with Crippen molar-refractivity contribution in [3.63, 3.8) is 0 Å². The number of aromatic carboxylic acids is 4. The number of hydrogen-bond donors (Lipinski definition) is 6. The van der Waals surface area contributed by atoms with E-state index >= 15 is 0 Å². The van der Waals surface area contributed by atoms with Crippen molar-refractivity contribution in [2.45, 2.75) is 0 Å². The summed E-state index contributed by atoms with van der Waals surface area (Å²) in [4.78, 5) is 99.8. The molecular weight excluding hydrogens is 564 g/mol. The van der Waals surface area contributed by atoms with Gasteiger partial charge >= 0.3 is 23.9 Å². The zero-order valence-electron chi connectivity index (χ0n) is 20.3. The van der Waals surface area contributed by atoms with Gasteiger partial charge in [0.05, 0.1) is 43.8 Å². The molecule has 2 aromatic heterocycles. The van der Waals surface area contributed by atoms with Crippen LogP contribution in [0.3, 0.4) is 0 Å². The summed E-state index contributed by atoms with van der Waals surface area (Å²) in [6.07, 6.45) is 0. The summed E-state index contributed by atoms with van der Waals surface area (Å²) in [5.41, 5.74) is -11.1. The molecule has 6 N–H and O–H groups in total. The number of carboxylic acid groups (broad SMARTS) is 4. The minimum absolute atomic E-state index is 0.420. The van der Waals surface area contributed by atoms with E-state index in [9.17, 15) is 69.2 Å². The minimum Gasteiger partial charge on any atom is -0.478 e. The van der Waals surface area contributed by atoms with Crippen LogP contribution in [0.25, 0.3) is 43.8 Å². The van der Waals surface area contributed by atoms with E-state index in [-0.39, 0.29) is 0 Å². The second-order valence-electron chi connectivity index (χ2n) is 8.91. The lowest BCUT2D eigenvalue weighted by molar-refractivity contribution is 0.0676. The Morgan fingerprint density at radius 1 is 0.429 bits per heavy atom. The maximum absolute atomic E-state index is 13.2. The Morgan fingerprint density at radius 3 is 0.833 bits per heavy atom. The Bertz CT molecular complexity index is 2010. The first-order valence-electron chi connectivity index (χ1n) is 11.3. The fraction of sp³-hybridized carbons (Fsp3) is 0. The number of carboxylic acids is 4. The molecule has 5 rings (SSSR count). The highest BCUT2D eigenvalue weighted by atomic mass is 16.5. The fourth-order valence-corrected chi connectivity index (χ4v) is 4.83. The van der Waals surface area contributed by atoms with Crippen LogP contribution in [-0.4, -0.2) is 64.2 Å². The molecule has 0 amide bonds. The molecule has 0 atom stereocenters. The zero-order chi connectivity index (χ0) is 30.9. The maximum atomic E-state index is 13.2. The van der Waals surface area contributed by atoms with Crippen LogP contribution >= 0.6 is 0 Å². The van der Waals surface area contributed by atoms with Gasteiger partial charge in [-0.2, -0.15) is 0 Å². The SMILES string of the molecule is O=C(O)c1cc(C(=O)O)cc(-c2c3c(=O)n(O)c(=O)c3c(-c3cc(C(=O)O)cc(C(=O)O)c3)c3c(=O)n(O)c(=O)c23)c1. The molecule has 0 unspecified atom stereocenters. The van der Waals surface area contributed by atoms with Crippen LogP contribution in [0.1, 0.15) is 41.4 Å². The monoisotopic (exact) mass is 576 g/mol. The van der Waals surface area contributed by atoms with Gasteiger partial charge in [0.2, 0.25) is 0 Å². The molecule has 5 aromatic rings. The summed E-state index contributed by atoms with van der Waals surface area (Å²) in [5, 5.41) is 55.3. The molecule has 0 spiro atoms. The van der Waals surface area contributed by atoms with E-state index < -0.39 is 122 Å². The number of benzene rings is 3. The van der Waals surface area contributed by atoms with Crippen molar-refractivity contribution in [3.8, 4) is 22.3 Å². The Hall–Kier alpha value is -6.58. The average molecular weight is 576 g/mol. The van der Waals surface area contributed by atoms with Gasteiger partial charge in [-0.15, -0.1) is 9.46 Å². The van der Waals surface area contributed by atoms with Crippen LogP contribution in [0.2, 0.25) is 0 Å². The van der Waals surface area contributed by atoms with Gasteiger partial charge in [-0.3, -0.25) is 19.2 Å². The van der Waals surface area contributed by atoms with Crippen LogP contribution in [0.4, 0.5) is 0 Å². The summed E-state index contributed by atoms with van der Waals surface area (Å²) >= 11 is 0. The molecule has 0 saturated heterocycles. The Kier molecular flexibility index (Phi) is 5.78. The predicted octanol–water partition coefficient (Wildman–Crippen LogP) is 0.514. The highest BCUT2D eigenvalue weighted by molar-refractivity contribution is 6.22. The molecule has 0 bridgehead atoms. The van der Waals surface area contributed by atoms with Gasteiger partial charge in [-0.25, -0.2) is 19.2 Å². The molecule has 0 aliphatic heterocycles. The van der Waals surface area contributed by atoms with E-state index in [1.165, 1.54) is 0 Å². The van der Waals surface area contributed by atoms with E-state index in [4.69, 9.17) is 0 Å². The number of rotatable bonds is 6. The second-order valence-corrected chi connectivity index (χ2v) is 8.91. The number of aromatic nitrogens is 2. The Labute approximate surface area is 227 Å². The summed E-state index contributed by atoms with van der Waals surface area (Å²) < 4.78 is -0.840. The van der Waals surface area contributed by atoms with Crippen LogP contribution in [-0.2, 0) is 0 Å². The molecular formula is C26H12N2O14. The highest BCUT2D eigenvalue weighted by Gasteiger charge is 2.32. The van der Waals surface area contributed by atoms with Gasteiger partial charge in [0, 0.05) is 11.1 Å². The van der Waals surface area contributed by atoms with Crippen molar-refractivity contribution in [1.82, 2.24) is 9.46 Å². The molecule has 2 heterocycles. The number of nitrogens with zero attached hydrogens (tertiary/aromatic N) is 2. The molecule has 16 heteroatoms. The van der Waals surface area contributed by atoms with Gasteiger partial charge in [0.15, 0.2) is 0 Å². The molecule has 3 aromatic carbocycles. The lowest BCUT2D eigenvalue weighted by atomic mass is 9.87. The largest absolute Gasteiger partial charge is 0.478 e. The third-order valence-electron chi connectivity index (χ3n) is 6.56. The molecule has 16 nitrogen and oxygen atoms in total. The maximum Gasteiger partial charge on any atom is 0.335 e. The van der Waals surface area contributed by atoms with E-state index in [2.05, 4.69) is 0 Å². The summed E-state index contributed by atoms with van der Waals surface area (Å²) in [7, 11) is 0. The smallest absolute Gasteiger partial charge is 0.335 e. The van der Waals surface area contributed by atoms with E-state index in [0.29, 0.717) is 0 Å². The van der Waals surface area contributed by atoms with Crippen molar-refractivity contribution in [2.75, 3.05) is 0 Å². The zero-order valence-corrected chi connectivity index (χ0v) is 20.3. The standard InChI is InChI=1S/C26H12N2O14/c29-19-15-13(7-1-9(23(33)34)5-10(2-7)24(35)36)16-18(22(32)28(42)20(16)30)14(17(15)21(31)27(19)41)8-3-11(25(37)38)6-12(4-8)26(39)40/h1-6,41-42H,(H,33,34)(H,35,36)(H,37,38)(H,39,40). The summed E-state index contributed by atoms with van der Waals surface area (Å²) in [5.74, 6) is -6.58. The Balaban J connectivity index is 2.16. The molecule has 42 heavy (non-hydrogen) atoms. The quantitative estimate of drug-likeness (QED) is 0.150. The van der Waals surface area contributed by atoms with E-state index in [1.807, 2.05) is 0 Å². The predicted molar refractivity (Wildman–Crippen MR) is 138 cm³/mol. The average Bonchev–Trinajstić information content (AvgIpc) is 3.30. The van der Waals surface area contributed by atoms with Crippen LogP contribution < -0.4 is 22.2 Å². The van der Waals surface area contributed by atoms with Gasteiger partial charge in [0.1, 0.15) is 0 Å². The summed E-state index contributed by atoms with van der Waals surface area (Å²) in [6.45, 7) is 0. The molecule has 210 valence electrons. The third kappa shape index (κ3) is 3.70. The minimum atomic E-state index is -1.65. The second kappa shape index (κ2) is 8.98. The Morgan fingerprint density at radius 2 is 0.643 bits per heavy atom. The van der Waals surface area contributed by atoms with Gasteiger partial charge in [-0.1, -0.05) is 0 Å². The topological polar surface area (TPSA) is 268 Å². The molecule has 0 aliphatic carbocycles. The lowest BCUT2D eigenvalue weighted by Crippen LogP contribution is -2.23. The fourth-order valence-electron chi connectivity index (χ4n) is 4.83. The van der Waals surface area contributed by atoms with Gasteiger partial charge < -0.3 is 30.8 Å². The summed E-state index contributed by atoms with van der Waals surface area (Å²) in [6, 6.07) is 4.73. The van der Waals surface area contributed by atoms with Crippen molar-refractivity contribution < 1.29 is 50.0 Å². The number of carbonyl (C=O) groups is 4. The van der Waals surface area contributed by atoms with Gasteiger partial charge in [-0.05, 0) is 47.5 Å². The molecule has 0 fully saturated rings. The van der Waals surface area contributed by atoms with Gasteiger partial charge in [0.25, 0.3) is 22.2 Å². The van der Waals surface area contributed by atoms with E-state index in [0.717, 1.165) is 36.4 Å². The first-order valence-corrected chi connectivity index (χ1v) is 11.3. The van der Waals surface area contributed by atoms with Crippen molar-refractivity contribution in [3.05, 3.63) is 100 Å².